The normalized spacial score (nSPS) is 26.1. The van der Waals surface area contributed by atoms with E-state index in [9.17, 15) is 13.2 Å². The molecule has 0 radical (unpaired) electrons. The number of carbonyl (C=O) groups is 1. The van der Waals surface area contributed by atoms with Crippen molar-refractivity contribution in [3.05, 3.63) is 17.5 Å². The van der Waals surface area contributed by atoms with Crippen molar-refractivity contribution in [2.75, 3.05) is 11.5 Å². The summed E-state index contributed by atoms with van der Waals surface area (Å²) in [7, 11) is -2.98. The lowest BCUT2D eigenvalue weighted by molar-refractivity contribution is 0.0904. The second kappa shape index (κ2) is 4.08. The standard InChI is InChI=1S/C11H14N2O4S/c14-11(12-8-3-4-18(15,16)6-8)10-5-9(13-17-10)7-1-2-7/h5,7-8H,1-4,6H2,(H,12,14). The van der Waals surface area contributed by atoms with Gasteiger partial charge in [0, 0.05) is 18.0 Å². The number of sulfone groups is 1. The molecule has 1 unspecified atom stereocenters. The van der Waals surface area contributed by atoms with Crippen molar-refractivity contribution in [1.29, 1.82) is 0 Å². The minimum Gasteiger partial charge on any atom is -0.351 e. The van der Waals surface area contributed by atoms with Crippen LogP contribution in [0.5, 0.6) is 0 Å². The molecule has 1 saturated carbocycles. The number of rotatable bonds is 3. The second-order valence-electron chi connectivity index (χ2n) is 4.96. The Morgan fingerprint density at radius 2 is 2.17 bits per heavy atom. The molecule has 3 rings (SSSR count). The van der Waals surface area contributed by atoms with Crippen LogP contribution in [-0.4, -0.2) is 37.0 Å². The highest BCUT2D eigenvalue weighted by molar-refractivity contribution is 7.91. The molecular weight excluding hydrogens is 256 g/mol. The fraction of sp³-hybridized carbons (Fsp3) is 0.636. The summed E-state index contributed by atoms with van der Waals surface area (Å²) in [5.41, 5.74) is 0.819. The molecule has 1 N–H and O–H groups in total. The second-order valence-corrected chi connectivity index (χ2v) is 7.19. The number of nitrogens with one attached hydrogen (secondary N) is 1. The Labute approximate surface area is 105 Å². The van der Waals surface area contributed by atoms with Crippen LogP contribution < -0.4 is 5.32 Å². The molecule has 2 aliphatic rings. The third-order valence-electron chi connectivity index (χ3n) is 3.32. The van der Waals surface area contributed by atoms with Gasteiger partial charge in [-0.05, 0) is 19.3 Å². The molecule has 1 aliphatic carbocycles. The first-order valence-electron chi connectivity index (χ1n) is 6.01. The van der Waals surface area contributed by atoms with Gasteiger partial charge in [0.05, 0.1) is 17.2 Å². The van der Waals surface area contributed by atoms with Crippen LogP contribution in [0, 0.1) is 0 Å². The summed E-state index contributed by atoms with van der Waals surface area (Å²) in [4.78, 5) is 11.8. The predicted octanol–water partition coefficient (Wildman–Crippen LogP) is 0.469. The van der Waals surface area contributed by atoms with Gasteiger partial charge in [-0.15, -0.1) is 0 Å². The lowest BCUT2D eigenvalue weighted by atomic mass is 10.2. The summed E-state index contributed by atoms with van der Waals surface area (Å²) in [5.74, 6) is 0.379. The summed E-state index contributed by atoms with van der Waals surface area (Å²) in [6.07, 6.45) is 2.65. The van der Waals surface area contributed by atoms with E-state index in [1.807, 2.05) is 0 Å². The maximum absolute atomic E-state index is 11.8. The van der Waals surface area contributed by atoms with Gasteiger partial charge in [0.15, 0.2) is 9.84 Å². The van der Waals surface area contributed by atoms with Gasteiger partial charge >= 0.3 is 0 Å². The zero-order valence-electron chi connectivity index (χ0n) is 9.76. The first-order chi connectivity index (χ1) is 8.53. The van der Waals surface area contributed by atoms with Crippen molar-refractivity contribution < 1.29 is 17.7 Å². The molecular formula is C11H14N2O4S. The van der Waals surface area contributed by atoms with E-state index in [1.165, 1.54) is 0 Å². The van der Waals surface area contributed by atoms with Gasteiger partial charge in [-0.2, -0.15) is 0 Å². The summed E-state index contributed by atoms with van der Waals surface area (Å²) >= 11 is 0. The molecule has 1 aromatic heterocycles. The van der Waals surface area contributed by atoms with Gasteiger partial charge in [0.1, 0.15) is 0 Å². The monoisotopic (exact) mass is 270 g/mol. The number of amides is 1. The topological polar surface area (TPSA) is 89.3 Å². The Bertz CT molecular complexity index is 574. The van der Waals surface area contributed by atoms with Crippen LogP contribution in [0.25, 0.3) is 0 Å². The highest BCUT2D eigenvalue weighted by atomic mass is 32.2. The summed E-state index contributed by atoms with van der Waals surface area (Å²) in [5, 5.41) is 6.52. The average molecular weight is 270 g/mol. The van der Waals surface area contributed by atoms with Crippen LogP contribution in [0.4, 0.5) is 0 Å². The van der Waals surface area contributed by atoms with E-state index in [0.717, 1.165) is 18.5 Å². The van der Waals surface area contributed by atoms with Crippen molar-refractivity contribution in [3.63, 3.8) is 0 Å². The van der Waals surface area contributed by atoms with Gasteiger partial charge in [-0.3, -0.25) is 4.79 Å². The maximum Gasteiger partial charge on any atom is 0.290 e. The van der Waals surface area contributed by atoms with Crippen molar-refractivity contribution in [2.24, 2.45) is 0 Å². The number of nitrogens with zero attached hydrogens (tertiary/aromatic N) is 1. The molecule has 0 bridgehead atoms. The van der Waals surface area contributed by atoms with Gasteiger partial charge in [-0.25, -0.2) is 8.42 Å². The van der Waals surface area contributed by atoms with E-state index in [2.05, 4.69) is 10.5 Å². The van der Waals surface area contributed by atoms with E-state index in [-0.39, 0.29) is 29.2 Å². The first kappa shape index (κ1) is 11.7. The van der Waals surface area contributed by atoms with Crippen LogP contribution in [0.15, 0.2) is 10.6 Å². The Kier molecular flexibility index (Phi) is 2.65. The molecule has 1 aromatic rings. The summed E-state index contributed by atoms with van der Waals surface area (Å²) < 4.78 is 27.5. The van der Waals surface area contributed by atoms with Crippen LogP contribution in [0.2, 0.25) is 0 Å². The van der Waals surface area contributed by atoms with E-state index < -0.39 is 9.84 Å². The fourth-order valence-electron chi connectivity index (χ4n) is 2.13. The van der Waals surface area contributed by atoms with E-state index in [0.29, 0.717) is 12.3 Å². The highest BCUT2D eigenvalue weighted by Gasteiger charge is 2.31. The van der Waals surface area contributed by atoms with Crippen molar-refractivity contribution in [1.82, 2.24) is 10.5 Å². The van der Waals surface area contributed by atoms with Crippen LogP contribution >= 0.6 is 0 Å². The molecule has 1 atom stereocenters. The van der Waals surface area contributed by atoms with Crippen LogP contribution in [-0.2, 0) is 9.84 Å². The van der Waals surface area contributed by atoms with Gasteiger partial charge in [0.2, 0.25) is 5.76 Å². The van der Waals surface area contributed by atoms with Gasteiger partial charge in [-0.1, -0.05) is 5.16 Å². The third-order valence-corrected chi connectivity index (χ3v) is 5.08. The fourth-order valence-corrected chi connectivity index (χ4v) is 3.81. The van der Waals surface area contributed by atoms with Crippen LogP contribution in [0.1, 0.15) is 41.4 Å². The van der Waals surface area contributed by atoms with Crippen molar-refractivity contribution >= 4 is 15.7 Å². The molecule has 18 heavy (non-hydrogen) atoms. The number of carbonyl (C=O) groups excluding carboxylic acids is 1. The number of hydrogen-bond acceptors (Lipinski definition) is 5. The molecule has 1 saturated heterocycles. The maximum atomic E-state index is 11.8. The minimum absolute atomic E-state index is 0.0162. The quantitative estimate of drug-likeness (QED) is 0.862. The van der Waals surface area contributed by atoms with E-state index in [1.54, 1.807) is 6.07 Å². The third kappa shape index (κ3) is 2.40. The lowest BCUT2D eigenvalue weighted by Gasteiger charge is -2.07. The van der Waals surface area contributed by atoms with E-state index in [4.69, 9.17) is 4.52 Å². The van der Waals surface area contributed by atoms with Crippen LogP contribution in [0.3, 0.4) is 0 Å². The largest absolute Gasteiger partial charge is 0.351 e. The average Bonchev–Trinajstić information content (AvgIpc) is 2.93. The Morgan fingerprint density at radius 1 is 1.39 bits per heavy atom. The Morgan fingerprint density at radius 3 is 2.78 bits per heavy atom. The molecule has 1 amide bonds. The summed E-state index contributed by atoms with van der Waals surface area (Å²) in [6, 6.07) is 1.34. The Balaban J connectivity index is 1.63. The van der Waals surface area contributed by atoms with Gasteiger partial charge < -0.3 is 9.84 Å². The molecule has 6 nitrogen and oxygen atoms in total. The van der Waals surface area contributed by atoms with Gasteiger partial charge in [0.25, 0.3) is 5.91 Å². The molecule has 7 heteroatoms. The number of hydrogen-bond donors (Lipinski definition) is 1. The SMILES string of the molecule is O=C(NC1CCS(=O)(=O)C1)c1cc(C2CC2)no1. The summed E-state index contributed by atoms with van der Waals surface area (Å²) in [6.45, 7) is 0. The number of aromatic nitrogens is 1. The molecule has 1 aliphatic heterocycles. The zero-order chi connectivity index (χ0) is 12.8. The Hall–Kier alpha value is -1.37. The predicted molar refractivity (Wildman–Crippen MR) is 63.0 cm³/mol. The zero-order valence-corrected chi connectivity index (χ0v) is 10.6. The molecule has 0 spiro atoms. The molecule has 2 heterocycles. The molecule has 98 valence electrons. The molecule has 0 aromatic carbocycles. The molecule has 2 fully saturated rings. The lowest BCUT2D eigenvalue weighted by Crippen LogP contribution is -2.35. The minimum atomic E-state index is -2.98. The first-order valence-corrected chi connectivity index (χ1v) is 7.83. The smallest absolute Gasteiger partial charge is 0.290 e. The highest BCUT2D eigenvalue weighted by Crippen LogP contribution is 2.39. The van der Waals surface area contributed by atoms with E-state index >= 15 is 0 Å². The van der Waals surface area contributed by atoms with Crippen molar-refractivity contribution in [3.8, 4) is 0 Å². The van der Waals surface area contributed by atoms with Crippen molar-refractivity contribution in [2.45, 2.75) is 31.2 Å².